The molecule has 0 spiro atoms. The summed E-state index contributed by atoms with van der Waals surface area (Å²) in [4.78, 5) is 14.8. The van der Waals surface area contributed by atoms with Gasteiger partial charge in [-0.3, -0.25) is 9.40 Å². The molecule has 8 nitrogen and oxygen atoms in total. The van der Waals surface area contributed by atoms with Gasteiger partial charge >= 0.3 is 5.97 Å². The van der Waals surface area contributed by atoms with Gasteiger partial charge in [0.05, 0.1) is 6.20 Å². The molecule has 0 fully saturated rings. The molecule has 0 bridgehead atoms. The first-order valence-corrected chi connectivity index (χ1v) is 7.55. The van der Waals surface area contributed by atoms with Crippen molar-refractivity contribution in [3.05, 3.63) is 29.5 Å². The maximum Gasteiger partial charge on any atom is 0.328 e. The second-order valence-corrected chi connectivity index (χ2v) is 6.44. The van der Waals surface area contributed by atoms with E-state index in [1.807, 2.05) is 0 Å². The van der Waals surface area contributed by atoms with E-state index in [0.29, 0.717) is 4.88 Å². The third-order valence-corrected chi connectivity index (χ3v) is 4.43. The Morgan fingerprint density at radius 1 is 1.50 bits per heavy atom. The zero-order valence-corrected chi connectivity index (χ0v) is 11.8. The first-order chi connectivity index (χ1) is 9.37. The van der Waals surface area contributed by atoms with Gasteiger partial charge in [0.1, 0.15) is 4.90 Å². The van der Waals surface area contributed by atoms with Crippen LogP contribution in [0.4, 0.5) is 5.13 Å². The van der Waals surface area contributed by atoms with Crippen molar-refractivity contribution >= 4 is 38.5 Å². The van der Waals surface area contributed by atoms with Gasteiger partial charge in [0, 0.05) is 30.4 Å². The summed E-state index contributed by atoms with van der Waals surface area (Å²) >= 11 is 1.02. The summed E-state index contributed by atoms with van der Waals surface area (Å²) in [5, 5.41) is 12.4. The van der Waals surface area contributed by atoms with Crippen molar-refractivity contribution < 1.29 is 18.3 Å². The fraction of sp³-hybridized carbons (Fsp3) is 0.100. The summed E-state index contributed by atoms with van der Waals surface area (Å²) in [7, 11) is -2.13. The predicted molar refractivity (Wildman–Crippen MR) is 72.8 cm³/mol. The summed E-state index contributed by atoms with van der Waals surface area (Å²) < 4.78 is 27.6. The highest BCUT2D eigenvalue weighted by Crippen LogP contribution is 2.22. The van der Waals surface area contributed by atoms with E-state index in [2.05, 4.69) is 14.8 Å². The van der Waals surface area contributed by atoms with Crippen molar-refractivity contribution in [3.63, 3.8) is 0 Å². The van der Waals surface area contributed by atoms with Gasteiger partial charge in [-0.05, 0) is 6.08 Å². The van der Waals surface area contributed by atoms with Gasteiger partial charge in [-0.2, -0.15) is 5.10 Å². The predicted octanol–water partition coefficient (Wildman–Crippen LogP) is 0.775. The first kappa shape index (κ1) is 14.2. The van der Waals surface area contributed by atoms with Crippen LogP contribution in [-0.2, 0) is 21.9 Å². The molecule has 2 aromatic heterocycles. The molecule has 0 saturated carbocycles. The minimum absolute atomic E-state index is 0.0258. The molecule has 106 valence electrons. The van der Waals surface area contributed by atoms with E-state index in [4.69, 9.17) is 5.11 Å². The second kappa shape index (κ2) is 5.43. The topological polar surface area (TPSA) is 114 Å². The SMILES string of the molecule is Cn1cc(S(=O)(=O)Nc2ncc(C=CC(=O)O)s2)cn1. The van der Waals surface area contributed by atoms with E-state index >= 15 is 0 Å². The van der Waals surface area contributed by atoms with Gasteiger partial charge in [0.25, 0.3) is 10.0 Å². The van der Waals surface area contributed by atoms with Crippen molar-refractivity contribution in [2.24, 2.45) is 7.05 Å². The number of rotatable bonds is 5. The smallest absolute Gasteiger partial charge is 0.328 e. The van der Waals surface area contributed by atoms with Crippen LogP contribution in [0.3, 0.4) is 0 Å². The Balaban J connectivity index is 2.16. The number of nitrogens with zero attached hydrogens (tertiary/aromatic N) is 3. The fourth-order valence-corrected chi connectivity index (χ4v) is 3.22. The summed E-state index contributed by atoms with van der Waals surface area (Å²) in [5.41, 5.74) is 0. The Labute approximate surface area is 118 Å². The number of anilines is 1. The Morgan fingerprint density at radius 2 is 2.25 bits per heavy atom. The number of carboxylic acids is 1. The fourth-order valence-electron chi connectivity index (χ4n) is 1.28. The maximum absolute atomic E-state index is 12.0. The van der Waals surface area contributed by atoms with Crippen molar-refractivity contribution in [1.82, 2.24) is 14.8 Å². The number of aliphatic carboxylic acids is 1. The number of aryl methyl sites for hydroxylation is 1. The number of aromatic nitrogens is 3. The Kier molecular flexibility index (Phi) is 3.86. The van der Waals surface area contributed by atoms with Crippen LogP contribution >= 0.6 is 11.3 Å². The molecule has 20 heavy (non-hydrogen) atoms. The highest BCUT2D eigenvalue weighted by molar-refractivity contribution is 7.93. The molecule has 0 saturated heterocycles. The maximum atomic E-state index is 12.0. The van der Waals surface area contributed by atoms with Gasteiger partial charge in [-0.15, -0.1) is 0 Å². The van der Waals surface area contributed by atoms with E-state index in [0.717, 1.165) is 17.4 Å². The number of sulfonamides is 1. The van der Waals surface area contributed by atoms with Crippen molar-refractivity contribution in [3.8, 4) is 0 Å². The summed E-state index contributed by atoms with van der Waals surface area (Å²) in [6.07, 6.45) is 6.25. The first-order valence-electron chi connectivity index (χ1n) is 5.25. The second-order valence-electron chi connectivity index (χ2n) is 3.69. The molecule has 2 heterocycles. The van der Waals surface area contributed by atoms with E-state index in [-0.39, 0.29) is 10.0 Å². The lowest BCUT2D eigenvalue weighted by molar-refractivity contribution is -0.131. The summed E-state index contributed by atoms with van der Waals surface area (Å²) in [5.74, 6) is -1.09. The van der Waals surface area contributed by atoms with Crippen molar-refractivity contribution in [2.75, 3.05) is 4.72 Å². The van der Waals surface area contributed by atoms with Crippen LogP contribution in [0.25, 0.3) is 6.08 Å². The Bertz CT molecular complexity index is 760. The van der Waals surface area contributed by atoms with E-state index in [1.54, 1.807) is 7.05 Å². The molecule has 2 rings (SSSR count). The monoisotopic (exact) mass is 314 g/mol. The quantitative estimate of drug-likeness (QED) is 0.788. The lowest BCUT2D eigenvalue weighted by Crippen LogP contribution is -2.11. The van der Waals surface area contributed by atoms with Gasteiger partial charge in [-0.1, -0.05) is 11.3 Å². The molecule has 0 amide bonds. The third kappa shape index (κ3) is 3.42. The molecule has 0 aliphatic carbocycles. The standard InChI is InChI=1S/C10H10N4O4S2/c1-14-6-8(5-12-14)20(17,18)13-10-11-4-7(19-10)2-3-9(15)16/h2-6H,1H3,(H,11,13)(H,15,16). The Hall–Kier alpha value is -2.20. The minimum atomic E-state index is -3.74. The molecular weight excluding hydrogens is 304 g/mol. The molecule has 0 aliphatic heterocycles. The van der Waals surface area contributed by atoms with Crippen molar-refractivity contribution in [1.29, 1.82) is 0 Å². The average molecular weight is 314 g/mol. The molecule has 0 atom stereocenters. The molecule has 10 heteroatoms. The lowest BCUT2D eigenvalue weighted by Gasteiger charge is -2.00. The van der Waals surface area contributed by atoms with Gasteiger partial charge < -0.3 is 5.11 Å². The number of hydrogen-bond donors (Lipinski definition) is 2. The number of hydrogen-bond acceptors (Lipinski definition) is 6. The van der Waals surface area contributed by atoms with Crippen LogP contribution in [0.1, 0.15) is 4.88 Å². The van der Waals surface area contributed by atoms with Crippen LogP contribution in [-0.4, -0.2) is 34.3 Å². The summed E-state index contributed by atoms with van der Waals surface area (Å²) in [6.45, 7) is 0. The van der Waals surface area contributed by atoms with Crippen LogP contribution in [0.15, 0.2) is 29.6 Å². The van der Waals surface area contributed by atoms with Crippen LogP contribution < -0.4 is 4.72 Å². The van der Waals surface area contributed by atoms with Crippen molar-refractivity contribution in [2.45, 2.75) is 4.90 Å². The lowest BCUT2D eigenvalue weighted by atomic mass is 10.4. The van der Waals surface area contributed by atoms with Gasteiger partial charge in [-0.25, -0.2) is 18.2 Å². The van der Waals surface area contributed by atoms with Gasteiger partial charge in [0.15, 0.2) is 5.13 Å². The summed E-state index contributed by atoms with van der Waals surface area (Å²) in [6, 6.07) is 0. The molecule has 0 aromatic carbocycles. The van der Waals surface area contributed by atoms with Crippen LogP contribution in [0.5, 0.6) is 0 Å². The highest BCUT2D eigenvalue weighted by Gasteiger charge is 2.17. The minimum Gasteiger partial charge on any atom is -0.478 e. The Morgan fingerprint density at radius 3 is 2.85 bits per heavy atom. The van der Waals surface area contributed by atoms with E-state index in [1.165, 1.54) is 29.3 Å². The molecule has 0 aliphatic rings. The zero-order chi connectivity index (χ0) is 14.8. The largest absolute Gasteiger partial charge is 0.478 e. The normalized spacial score (nSPS) is 11.8. The average Bonchev–Trinajstić information content (AvgIpc) is 2.95. The molecule has 0 unspecified atom stereocenters. The van der Waals surface area contributed by atoms with E-state index in [9.17, 15) is 13.2 Å². The van der Waals surface area contributed by atoms with E-state index < -0.39 is 16.0 Å². The van der Waals surface area contributed by atoms with Gasteiger partial charge in [0.2, 0.25) is 0 Å². The molecule has 2 N–H and O–H groups in total. The number of nitrogens with one attached hydrogen (secondary N) is 1. The zero-order valence-electron chi connectivity index (χ0n) is 10.2. The molecular formula is C10H10N4O4S2. The van der Waals surface area contributed by atoms with Crippen LogP contribution in [0.2, 0.25) is 0 Å². The van der Waals surface area contributed by atoms with Crippen LogP contribution in [0, 0.1) is 0 Å². The number of carboxylic acid groups (broad SMARTS) is 1. The molecule has 0 radical (unpaired) electrons. The number of carbonyl (C=O) groups is 1. The number of thiazole rings is 1. The third-order valence-electron chi connectivity index (χ3n) is 2.13. The molecule has 2 aromatic rings. The highest BCUT2D eigenvalue weighted by atomic mass is 32.2.